The lowest BCUT2D eigenvalue weighted by molar-refractivity contribution is -0.146. The second-order valence-corrected chi connectivity index (χ2v) is 3.56. The summed E-state index contributed by atoms with van der Waals surface area (Å²) in [6.07, 6.45) is 3.29. The van der Waals surface area contributed by atoms with Crippen LogP contribution in [0, 0.1) is 5.92 Å². The minimum Gasteiger partial charge on any atom is -0.465 e. The van der Waals surface area contributed by atoms with Crippen molar-refractivity contribution in [3.63, 3.8) is 0 Å². The van der Waals surface area contributed by atoms with Crippen LogP contribution in [0.4, 0.5) is 0 Å². The van der Waals surface area contributed by atoms with E-state index in [0.717, 1.165) is 19.4 Å². The van der Waals surface area contributed by atoms with Gasteiger partial charge in [0.2, 0.25) is 0 Å². The summed E-state index contributed by atoms with van der Waals surface area (Å²) in [5.41, 5.74) is 0. The number of esters is 1. The number of nitrogens with one attached hydrogen (secondary N) is 1. The second kappa shape index (κ2) is 5.22. The summed E-state index contributed by atoms with van der Waals surface area (Å²) < 4.78 is 4.97. The van der Waals surface area contributed by atoms with Crippen molar-refractivity contribution in [1.29, 1.82) is 0 Å². The van der Waals surface area contributed by atoms with E-state index in [4.69, 9.17) is 4.74 Å². The third-order valence-electron chi connectivity index (χ3n) is 2.66. The van der Waals surface area contributed by atoms with E-state index in [1.807, 2.05) is 6.92 Å². The summed E-state index contributed by atoms with van der Waals surface area (Å²) in [6, 6.07) is -0.0568. The van der Waals surface area contributed by atoms with E-state index >= 15 is 0 Å². The molecule has 1 aliphatic rings. The molecule has 0 aromatic heterocycles. The molecule has 0 bridgehead atoms. The number of carbonyl (C=O) groups excluding carboxylic acids is 1. The lowest BCUT2D eigenvalue weighted by atomic mass is 9.90. The molecule has 0 radical (unpaired) electrons. The molecule has 1 aliphatic heterocycles. The molecule has 0 aromatic carbocycles. The highest BCUT2D eigenvalue weighted by Crippen LogP contribution is 2.19. The molecule has 1 N–H and O–H groups in total. The number of carbonyl (C=O) groups is 1. The minimum atomic E-state index is -0.0827. The monoisotopic (exact) mass is 185 g/mol. The van der Waals surface area contributed by atoms with Gasteiger partial charge < -0.3 is 10.1 Å². The molecule has 0 unspecified atom stereocenters. The highest BCUT2D eigenvalue weighted by atomic mass is 16.5. The van der Waals surface area contributed by atoms with Crippen LogP contribution in [0.25, 0.3) is 0 Å². The number of rotatable bonds is 3. The molecule has 1 heterocycles. The SMILES string of the molecule is CCOC(=O)[C@H]1C[C@H](CC)CCN1. The van der Waals surface area contributed by atoms with Crippen molar-refractivity contribution in [1.82, 2.24) is 5.32 Å². The van der Waals surface area contributed by atoms with Crippen molar-refractivity contribution < 1.29 is 9.53 Å². The van der Waals surface area contributed by atoms with Gasteiger partial charge in [-0.1, -0.05) is 13.3 Å². The van der Waals surface area contributed by atoms with Gasteiger partial charge in [0.1, 0.15) is 6.04 Å². The molecule has 2 atom stereocenters. The lowest BCUT2D eigenvalue weighted by Gasteiger charge is -2.27. The van der Waals surface area contributed by atoms with Crippen LogP contribution in [0.3, 0.4) is 0 Å². The topological polar surface area (TPSA) is 38.3 Å². The van der Waals surface area contributed by atoms with E-state index in [-0.39, 0.29) is 12.0 Å². The van der Waals surface area contributed by atoms with Crippen LogP contribution in [-0.2, 0) is 9.53 Å². The third-order valence-corrected chi connectivity index (χ3v) is 2.66. The van der Waals surface area contributed by atoms with Gasteiger partial charge in [0, 0.05) is 0 Å². The maximum atomic E-state index is 11.4. The maximum Gasteiger partial charge on any atom is 0.323 e. The van der Waals surface area contributed by atoms with Gasteiger partial charge in [0.05, 0.1) is 6.61 Å². The summed E-state index contributed by atoms with van der Waals surface area (Å²) in [6.45, 7) is 5.45. The minimum absolute atomic E-state index is 0.0568. The van der Waals surface area contributed by atoms with Crippen LogP contribution in [0.5, 0.6) is 0 Å². The number of piperidine rings is 1. The molecule has 76 valence electrons. The zero-order valence-corrected chi connectivity index (χ0v) is 8.51. The molecule has 1 saturated heterocycles. The van der Waals surface area contributed by atoms with E-state index in [1.165, 1.54) is 6.42 Å². The van der Waals surface area contributed by atoms with E-state index in [9.17, 15) is 4.79 Å². The first-order valence-electron chi connectivity index (χ1n) is 5.18. The fourth-order valence-corrected chi connectivity index (χ4v) is 1.79. The van der Waals surface area contributed by atoms with Crippen molar-refractivity contribution in [2.75, 3.05) is 13.2 Å². The van der Waals surface area contributed by atoms with Gasteiger partial charge in [-0.2, -0.15) is 0 Å². The molecule has 3 heteroatoms. The first-order chi connectivity index (χ1) is 6.27. The highest BCUT2D eigenvalue weighted by molar-refractivity contribution is 5.75. The molecular weight excluding hydrogens is 166 g/mol. The average molecular weight is 185 g/mol. The van der Waals surface area contributed by atoms with Crippen molar-refractivity contribution >= 4 is 5.97 Å². The van der Waals surface area contributed by atoms with Crippen molar-refractivity contribution in [3.8, 4) is 0 Å². The van der Waals surface area contributed by atoms with E-state index < -0.39 is 0 Å². The van der Waals surface area contributed by atoms with Crippen LogP contribution >= 0.6 is 0 Å². The Labute approximate surface area is 79.8 Å². The normalized spacial score (nSPS) is 28.5. The Morgan fingerprint density at radius 2 is 2.31 bits per heavy atom. The first kappa shape index (κ1) is 10.5. The summed E-state index contributed by atoms with van der Waals surface area (Å²) in [5.74, 6) is 0.608. The summed E-state index contributed by atoms with van der Waals surface area (Å²) in [4.78, 5) is 11.4. The predicted octanol–water partition coefficient (Wildman–Crippen LogP) is 1.33. The van der Waals surface area contributed by atoms with Crippen molar-refractivity contribution in [3.05, 3.63) is 0 Å². The molecule has 13 heavy (non-hydrogen) atoms. The molecule has 0 aliphatic carbocycles. The third kappa shape index (κ3) is 2.99. The summed E-state index contributed by atoms with van der Waals surface area (Å²) in [7, 11) is 0. The lowest BCUT2D eigenvalue weighted by Crippen LogP contribution is -2.44. The van der Waals surface area contributed by atoms with Gasteiger partial charge in [-0.15, -0.1) is 0 Å². The average Bonchev–Trinajstić information content (AvgIpc) is 2.18. The number of ether oxygens (including phenoxy) is 1. The smallest absolute Gasteiger partial charge is 0.323 e. The van der Waals surface area contributed by atoms with Crippen LogP contribution in [0.15, 0.2) is 0 Å². The van der Waals surface area contributed by atoms with Crippen LogP contribution in [-0.4, -0.2) is 25.2 Å². The Balaban J connectivity index is 2.37. The summed E-state index contributed by atoms with van der Waals surface area (Å²) in [5, 5.41) is 3.19. The zero-order chi connectivity index (χ0) is 9.68. The van der Waals surface area contributed by atoms with E-state index in [1.54, 1.807) is 0 Å². The molecular formula is C10H19NO2. The van der Waals surface area contributed by atoms with E-state index in [2.05, 4.69) is 12.2 Å². The van der Waals surface area contributed by atoms with Crippen LogP contribution in [0.2, 0.25) is 0 Å². The Morgan fingerprint density at radius 3 is 2.92 bits per heavy atom. The fourth-order valence-electron chi connectivity index (χ4n) is 1.79. The Hall–Kier alpha value is -0.570. The fraction of sp³-hybridized carbons (Fsp3) is 0.900. The van der Waals surface area contributed by atoms with Gasteiger partial charge in [0.25, 0.3) is 0 Å². The Morgan fingerprint density at radius 1 is 1.54 bits per heavy atom. The molecule has 1 rings (SSSR count). The largest absolute Gasteiger partial charge is 0.465 e. The second-order valence-electron chi connectivity index (χ2n) is 3.56. The van der Waals surface area contributed by atoms with Crippen molar-refractivity contribution in [2.45, 2.75) is 39.2 Å². The van der Waals surface area contributed by atoms with Crippen LogP contribution < -0.4 is 5.32 Å². The van der Waals surface area contributed by atoms with Gasteiger partial charge in [-0.25, -0.2) is 0 Å². The Kier molecular flexibility index (Phi) is 4.22. The standard InChI is InChI=1S/C10H19NO2/c1-3-8-5-6-11-9(7-8)10(12)13-4-2/h8-9,11H,3-7H2,1-2H3/t8-,9-/m1/s1. The molecule has 0 saturated carbocycles. The first-order valence-corrected chi connectivity index (χ1v) is 5.18. The molecule has 3 nitrogen and oxygen atoms in total. The van der Waals surface area contributed by atoms with Crippen LogP contribution in [0.1, 0.15) is 33.1 Å². The predicted molar refractivity (Wildman–Crippen MR) is 51.4 cm³/mol. The number of hydrogen-bond acceptors (Lipinski definition) is 3. The van der Waals surface area contributed by atoms with Gasteiger partial charge in [-0.05, 0) is 32.2 Å². The van der Waals surface area contributed by atoms with Crippen molar-refractivity contribution in [2.24, 2.45) is 5.92 Å². The molecule has 0 spiro atoms. The van der Waals surface area contributed by atoms with Gasteiger partial charge in [-0.3, -0.25) is 4.79 Å². The summed E-state index contributed by atoms with van der Waals surface area (Å²) >= 11 is 0. The van der Waals surface area contributed by atoms with Gasteiger partial charge >= 0.3 is 5.97 Å². The zero-order valence-electron chi connectivity index (χ0n) is 8.51. The molecule has 1 fully saturated rings. The van der Waals surface area contributed by atoms with E-state index in [0.29, 0.717) is 12.5 Å². The van der Waals surface area contributed by atoms with Gasteiger partial charge in [0.15, 0.2) is 0 Å². The Bertz CT molecular complexity index is 170. The highest BCUT2D eigenvalue weighted by Gasteiger charge is 2.26. The molecule has 0 aromatic rings. The molecule has 0 amide bonds. The number of hydrogen-bond donors (Lipinski definition) is 1. The quantitative estimate of drug-likeness (QED) is 0.674. The maximum absolute atomic E-state index is 11.4.